The van der Waals surface area contributed by atoms with Crippen LogP contribution in [0.25, 0.3) is 21.8 Å². The highest BCUT2D eigenvalue weighted by Gasteiger charge is 2.31. The van der Waals surface area contributed by atoms with Gasteiger partial charge in [-0.3, -0.25) is 28.5 Å². The third-order valence-electron chi connectivity index (χ3n) is 9.03. The molecule has 2 aromatic heterocycles. The topological polar surface area (TPSA) is 135 Å². The monoisotopic (exact) mass is 731 g/mol. The number of carbonyl (C=O) groups excluding carboxylic acids is 4. The van der Waals surface area contributed by atoms with E-state index in [1.54, 1.807) is 49.2 Å². The molecular formula is C41H57N5O7. The van der Waals surface area contributed by atoms with Crippen LogP contribution in [0.3, 0.4) is 0 Å². The van der Waals surface area contributed by atoms with Crippen LogP contribution in [0.1, 0.15) is 96.6 Å². The van der Waals surface area contributed by atoms with Gasteiger partial charge >= 0.3 is 0 Å². The zero-order valence-corrected chi connectivity index (χ0v) is 33.6. The molecule has 0 saturated carbocycles. The Hall–Kier alpha value is -4.58. The molecule has 0 bridgehead atoms. The Morgan fingerprint density at radius 1 is 0.736 bits per heavy atom. The van der Waals surface area contributed by atoms with Crippen LogP contribution in [0.2, 0.25) is 0 Å². The largest absolute Gasteiger partial charge is 0.497 e. The van der Waals surface area contributed by atoms with Gasteiger partial charge < -0.3 is 19.1 Å². The molecule has 0 aliphatic carbocycles. The third-order valence-corrected chi connectivity index (χ3v) is 9.03. The van der Waals surface area contributed by atoms with Crippen molar-refractivity contribution in [3.63, 3.8) is 0 Å². The van der Waals surface area contributed by atoms with Gasteiger partial charge in [0.05, 0.1) is 31.9 Å². The predicted octanol–water partition coefficient (Wildman–Crippen LogP) is 7.05. The Bertz CT molecular complexity index is 1970. The van der Waals surface area contributed by atoms with E-state index in [1.807, 2.05) is 66.4 Å². The number of ketones is 3. The molecule has 0 spiro atoms. The molecule has 1 amide bonds. The van der Waals surface area contributed by atoms with Gasteiger partial charge in [0.25, 0.3) is 0 Å². The first-order chi connectivity index (χ1) is 24.6. The van der Waals surface area contributed by atoms with Gasteiger partial charge in [-0.05, 0) is 36.6 Å². The van der Waals surface area contributed by atoms with Gasteiger partial charge in [0.2, 0.25) is 5.91 Å². The molecule has 4 rings (SSSR count). The summed E-state index contributed by atoms with van der Waals surface area (Å²) in [5.41, 5.74) is 0.108. The summed E-state index contributed by atoms with van der Waals surface area (Å²) < 4.78 is 20.0. The van der Waals surface area contributed by atoms with E-state index >= 15 is 0 Å². The van der Waals surface area contributed by atoms with E-state index < -0.39 is 16.2 Å². The van der Waals surface area contributed by atoms with E-state index in [9.17, 15) is 19.2 Å². The van der Waals surface area contributed by atoms with Crippen molar-refractivity contribution in [3.8, 4) is 11.5 Å². The minimum absolute atomic E-state index is 0.0586. The highest BCUT2D eigenvalue weighted by atomic mass is 16.5. The van der Waals surface area contributed by atoms with E-state index in [1.165, 1.54) is 4.68 Å². The number of carbonyl (C=O) groups is 4. The van der Waals surface area contributed by atoms with E-state index in [0.29, 0.717) is 63.7 Å². The second-order valence-electron chi connectivity index (χ2n) is 17.1. The van der Waals surface area contributed by atoms with Crippen LogP contribution >= 0.6 is 0 Å². The molecular weight excluding hydrogens is 674 g/mol. The molecule has 0 atom stereocenters. The van der Waals surface area contributed by atoms with Gasteiger partial charge in [-0.25, -0.2) is 0 Å². The molecule has 4 aromatic rings. The van der Waals surface area contributed by atoms with Crippen molar-refractivity contribution in [1.29, 1.82) is 0 Å². The average Bonchev–Trinajstić information content (AvgIpc) is 3.61. The smallest absolute Gasteiger partial charge is 0.244 e. The number of amides is 1. The molecule has 0 saturated heterocycles. The Labute approximate surface area is 313 Å². The van der Waals surface area contributed by atoms with Crippen LogP contribution in [0.5, 0.6) is 11.5 Å². The molecule has 0 aliphatic rings. The van der Waals surface area contributed by atoms with Gasteiger partial charge in [-0.1, -0.05) is 69.2 Å². The molecule has 0 aliphatic heterocycles. The maximum absolute atomic E-state index is 14.0. The summed E-state index contributed by atoms with van der Waals surface area (Å²) in [6, 6.07) is 10.7. The molecule has 0 radical (unpaired) electrons. The van der Waals surface area contributed by atoms with Crippen LogP contribution in [-0.4, -0.2) is 88.2 Å². The molecule has 12 nitrogen and oxygen atoms in total. The molecule has 288 valence electrons. The van der Waals surface area contributed by atoms with Crippen molar-refractivity contribution >= 4 is 45.1 Å². The fourth-order valence-electron chi connectivity index (χ4n) is 6.00. The summed E-state index contributed by atoms with van der Waals surface area (Å²) in [7, 11) is 3.13. The normalized spacial score (nSPS) is 12.5. The van der Waals surface area contributed by atoms with Crippen molar-refractivity contribution in [2.75, 3.05) is 40.5 Å². The number of hydrogen-bond acceptors (Lipinski definition) is 9. The molecule has 0 fully saturated rings. The van der Waals surface area contributed by atoms with Gasteiger partial charge in [0, 0.05) is 52.2 Å². The maximum atomic E-state index is 14.0. The first-order valence-corrected chi connectivity index (χ1v) is 18.2. The van der Waals surface area contributed by atoms with Crippen molar-refractivity contribution in [2.24, 2.45) is 22.2 Å². The molecule has 0 N–H and O–H groups in total. The van der Waals surface area contributed by atoms with Crippen LogP contribution < -0.4 is 9.47 Å². The number of hydrogen-bond donors (Lipinski definition) is 0. The summed E-state index contributed by atoms with van der Waals surface area (Å²) in [6.45, 7) is 20.1. The van der Waals surface area contributed by atoms with Crippen molar-refractivity contribution in [2.45, 2.75) is 88.7 Å². The Morgan fingerprint density at radius 3 is 1.64 bits per heavy atom. The summed E-state index contributed by atoms with van der Waals surface area (Å²) >= 11 is 0. The Balaban J connectivity index is 1.48. The van der Waals surface area contributed by atoms with Crippen molar-refractivity contribution in [1.82, 2.24) is 24.5 Å². The summed E-state index contributed by atoms with van der Waals surface area (Å²) in [5, 5.41) is 10.6. The molecule has 53 heavy (non-hydrogen) atoms. The van der Waals surface area contributed by atoms with E-state index in [-0.39, 0.29) is 49.6 Å². The second-order valence-corrected chi connectivity index (χ2v) is 17.1. The van der Waals surface area contributed by atoms with E-state index in [4.69, 9.17) is 14.2 Å². The zero-order chi connectivity index (χ0) is 39.5. The lowest BCUT2D eigenvalue weighted by molar-refractivity contribution is -0.135. The predicted molar refractivity (Wildman–Crippen MR) is 206 cm³/mol. The average molecular weight is 732 g/mol. The standard InChI is InChI=1S/C41H57N5O7/c1-26(2)17-18-44(34(48)22-46-33-20-29(52-12)14-16-31(33)36(43-46)38(50)40(6,7)8)24-41(9,10)25-53-23-27(47)21-45-32-19-28(51-11)13-15-30(32)35(42-45)37(49)39(3,4)5/h13-16,19-20,26H,17-18,21-25H2,1-12H3. The van der Waals surface area contributed by atoms with Crippen molar-refractivity contribution in [3.05, 3.63) is 47.8 Å². The van der Waals surface area contributed by atoms with Gasteiger partial charge in [-0.15, -0.1) is 0 Å². The summed E-state index contributed by atoms with van der Waals surface area (Å²) in [6.07, 6.45) is 0.797. The highest BCUT2D eigenvalue weighted by Crippen LogP contribution is 2.31. The van der Waals surface area contributed by atoms with E-state index in [2.05, 4.69) is 24.0 Å². The van der Waals surface area contributed by atoms with Crippen LogP contribution in [0.15, 0.2) is 36.4 Å². The summed E-state index contributed by atoms with van der Waals surface area (Å²) in [5.74, 6) is 0.982. The summed E-state index contributed by atoms with van der Waals surface area (Å²) in [4.78, 5) is 55.7. The van der Waals surface area contributed by atoms with Crippen LogP contribution in [-0.2, 0) is 27.4 Å². The first-order valence-electron chi connectivity index (χ1n) is 18.2. The number of Topliss-reactive ketones (excluding diaryl/α,β-unsaturated/α-hetero) is 3. The number of nitrogens with zero attached hydrogens (tertiary/aromatic N) is 5. The zero-order valence-electron chi connectivity index (χ0n) is 33.6. The Kier molecular flexibility index (Phi) is 12.6. The van der Waals surface area contributed by atoms with Gasteiger partial charge in [0.15, 0.2) is 17.3 Å². The van der Waals surface area contributed by atoms with Crippen LogP contribution in [0, 0.1) is 22.2 Å². The number of aromatic nitrogens is 4. The minimum atomic E-state index is -0.654. The third kappa shape index (κ3) is 10.1. The number of fused-ring (bicyclic) bond motifs is 2. The highest BCUT2D eigenvalue weighted by molar-refractivity contribution is 6.09. The molecule has 0 unspecified atom stereocenters. The lowest BCUT2D eigenvalue weighted by atomic mass is 9.88. The number of benzene rings is 2. The molecule has 12 heteroatoms. The minimum Gasteiger partial charge on any atom is -0.497 e. The van der Waals surface area contributed by atoms with E-state index in [0.717, 1.165) is 6.42 Å². The van der Waals surface area contributed by atoms with Crippen LogP contribution in [0.4, 0.5) is 0 Å². The molecule has 2 heterocycles. The van der Waals surface area contributed by atoms with Crippen molar-refractivity contribution < 1.29 is 33.4 Å². The second kappa shape index (κ2) is 16.2. The quantitative estimate of drug-likeness (QED) is 0.105. The number of ether oxygens (including phenoxy) is 3. The first kappa shape index (κ1) is 41.2. The molecule has 2 aromatic carbocycles. The maximum Gasteiger partial charge on any atom is 0.244 e. The lowest BCUT2D eigenvalue weighted by Gasteiger charge is -2.33. The SMILES string of the molecule is COc1ccc2c(C(=O)C(C)(C)C)nn(CC(=O)COCC(C)(C)CN(CCC(C)C)C(=O)Cn3nc(C(=O)C(C)(C)C)c4ccc(OC)cc43)c2c1. The Morgan fingerprint density at radius 2 is 1.21 bits per heavy atom. The van der Waals surface area contributed by atoms with Gasteiger partial charge in [0.1, 0.15) is 42.6 Å². The number of methoxy groups -OCH3 is 2. The van der Waals surface area contributed by atoms with Gasteiger partial charge in [-0.2, -0.15) is 10.2 Å². The lowest BCUT2D eigenvalue weighted by Crippen LogP contribution is -2.43. The fraction of sp³-hybridized carbons (Fsp3) is 0.561. The number of rotatable bonds is 17. The fourth-order valence-corrected chi connectivity index (χ4v) is 6.00.